The molecule has 0 radical (unpaired) electrons. The van der Waals surface area contributed by atoms with Crippen molar-refractivity contribution in [2.24, 2.45) is 0 Å². The number of hydrogen-bond donors (Lipinski definition) is 4. The molecule has 5 heterocycles. The summed E-state index contributed by atoms with van der Waals surface area (Å²) in [6.45, 7) is 0.865. The predicted octanol–water partition coefficient (Wildman–Crippen LogP) is 3.60. The minimum absolute atomic E-state index is 0.0860. The molecule has 4 aromatic rings. The van der Waals surface area contributed by atoms with Gasteiger partial charge in [-0.15, -0.1) is 23.1 Å². The molecule has 2 aromatic heterocycles. The fraction of sp³-hybridized carbons (Fsp3) is 0.226. The highest BCUT2D eigenvalue weighted by Crippen LogP contribution is 2.41. The number of aromatic nitrogens is 3. The van der Waals surface area contributed by atoms with Crippen LogP contribution in [0.1, 0.15) is 12.0 Å². The number of allylic oxidation sites excluding steroid dienone is 1. The van der Waals surface area contributed by atoms with Crippen molar-refractivity contribution in [1.29, 1.82) is 0 Å². The van der Waals surface area contributed by atoms with E-state index in [4.69, 9.17) is 0 Å². The van der Waals surface area contributed by atoms with Gasteiger partial charge in [-0.05, 0) is 47.9 Å². The molecule has 0 aliphatic carbocycles. The number of nitrogens with one attached hydrogen (secondary N) is 2. The summed E-state index contributed by atoms with van der Waals surface area (Å²) in [5.41, 5.74) is 2.48. The van der Waals surface area contributed by atoms with Crippen molar-refractivity contribution in [3.63, 3.8) is 0 Å². The van der Waals surface area contributed by atoms with E-state index in [9.17, 15) is 29.4 Å². The average molecular weight is 677 g/mol. The molecule has 0 saturated carbocycles. The number of hydrogen-bond acceptors (Lipinski definition) is 10. The lowest BCUT2D eigenvalue weighted by Gasteiger charge is -2.49. The number of phenolic OH excluding ortho intramolecular Hbond substituents is 1. The molecular formula is C31H28N6O6S3. The lowest BCUT2D eigenvalue weighted by molar-refractivity contribution is -0.150. The van der Waals surface area contributed by atoms with Crippen LogP contribution in [0.25, 0.3) is 10.2 Å². The Morgan fingerprint density at radius 2 is 1.96 bits per heavy atom. The highest BCUT2D eigenvalue weighted by atomic mass is 32.2. The van der Waals surface area contributed by atoms with Gasteiger partial charge in [0, 0.05) is 36.8 Å². The van der Waals surface area contributed by atoms with Gasteiger partial charge in [-0.1, -0.05) is 36.0 Å². The SMILES string of the molecule is O=C(CSc1nc2ccccc2s1)N[C@@H]1C(=O)N2C(C(=O)O)=C(C=C3CCN(Cc4ccc(O)cc4)C3=O)CS[C@H]12.c1c[nH]cn1. The van der Waals surface area contributed by atoms with Crippen molar-refractivity contribution in [3.8, 4) is 5.75 Å². The Kier molecular flexibility index (Phi) is 9.42. The Morgan fingerprint density at radius 3 is 2.65 bits per heavy atom. The third-order valence-electron chi connectivity index (χ3n) is 7.39. The van der Waals surface area contributed by atoms with E-state index in [-0.39, 0.29) is 34.8 Å². The molecule has 2 saturated heterocycles. The molecule has 3 aliphatic rings. The summed E-state index contributed by atoms with van der Waals surface area (Å²) in [6.07, 6.45) is 7.14. The van der Waals surface area contributed by atoms with E-state index in [1.165, 1.54) is 39.8 Å². The molecule has 4 N–H and O–H groups in total. The number of β-lactam (4-membered cyclic amide) rings is 1. The molecule has 0 unspecified atom stereocenters. The number of benzene rings is 2. The van der Waals surface area contributed by atoms with Crippen LogP contribution in [-0.4, -0.2) is 88.1 Å². The van der Waals surface area contributed by atoms with Gasteiger partial charge in [-0.3, -0.25) is 19.3 Å². The van der Waals surface area contributed by atoms with E-state index in [0.29, 0.717) is 30.7 Å². The Hall–Kier alpha value is -4.60. The quantitative estimate of drug-likeness (QED) is 0.123. The maximum atomic E-state index is 13.0. The molecule has 2 fully saturated rings. The van der Waals surface area contributed by atoms with E-state index < -0.39 is 23.3 Å². The van der Waals surface area contributed by atoms with Gasteiger partial charge in [0.05, 0.1) is 22.3 Å². The zero-order valence-electron chi connectivity index (χ0n) is 24.2. The van der Waals surface area contributed by atoms with Gasteiger partial charge in [0.2, 0.25) is 11.8 Å². The van der Waals surface area contributed by atoms with Crippen molar-refractivity contribution in [3.05, 3.63) is 95.7 Å². The maximum absolute atomic E-state index is 13.0. The number of imidazole rings is 1. The summed E-state index contributed by atoms with van der Waals surface area (Å²) in [4.78, 5) is 64.8. The van der Waals surface area contributed by atoms with Gasteiger partial charge in [0.1, 0.15) is 22.9 Å². The van der Waals surface area contributed by atoms with Crippen LogP contribution in [-0.2, 0) is 25.7 Å². The summed E-state index contributed by atoms with van der Waals surface area (Å²) in [5.74, 6) is -1.73. The maximum Gasteiger partial charge on any atom is 0.352 e. The number of aliphatic carboxylic acids is 1. The van der Waals surface area contributed by atoms with Crippen molar-refractivity contribution in [2.45, 2.75) is 28.7 Å². The van der Waals surface area contributed by atoms with Crippen LogP contribution in [0.15, 0.2) is 94.5 Å². The Bertz CT molecular complexity index is 1790. The number of amides is 3. The summed E-state index contributed by atoms with van der Waals surface area (Å²) in [5, 5.41) is 21.7. The number of thioether (sulfide) groups is 2. The van der Waals surface area contributed by atoms with E-state index in [0.717, 1.165) is 20.1 Å². The normalized spacial score (nSPS) is 20.0. The first-order valence-corrected chi connectivity index (χ1v) is 17.0. The first kappa shape index (κ1) is 31.4. The molecule has 236 valence electrons. The number of nitrogens with zero attached hydrogens (tertiary/aromatic N) is 4. The Morgan fingerprint density at radius 1 is 1.15 bits per heavy atom. The van der Waals surface area contributed by atoms with E-state index in [2.05, 4.69) is 20.3 Å². The highest BCUT2D eigenvalue weighted by molar-refractivity contribution is 8.01. The van der Waals surface area contributed by atoms with Crippen molar-refractivity contribution < 1.29 is 29.4 Å². The van der Waals surface area contributed by atoms with Gasteiger partial charge in [0.25, 0.3) is 5.91 Å². The number of phenols is 1. The van der Waals surface area contributed by atoms with Crippen molar-refractivity contribution in [2.75, 3.05) is 18.1 Å². The van der Waals surface area contributed by atoms with E-state index in [1.807, 2.05) is 24.3 Å². The predicted molar refractivity (Wildman–Crippen MR) is 175 cm³/mol. The second-order valence-electron chi connectivity index (χ2n) is 10.4. The monoisotopic (exact) mass is 676 g/mol. The zero-order valence-corrected chi connectivity index (χ0v) is 26.6. The van der Waals surface area contributed by atoms with Crippen LogP contribution < -0.4 is 5.32 Å². The number of aromatic amines is 1. The Balaban J connectivity index is 0.000000679. The number of carbonyl (C=O) groups is 4. The van der Waals surface area contributed by atoms with Gasteiger partial charge in [0.15, 0.2) is 4.34 Å². The number of rotatable bonds is 8. The largest absolute Gasteiger partial charge is 0.508 e. The van der Waals surface area contributed by atoms with Crippen LogP contribution in [0.4, 0.5) is 0 Å². The summed E-state index contributed by atoms with van der Waals surface area (Å²) < 4.78 is 1.79. The van der Waals surface area contributed by atoms with Crippen LogP contribution in [0, 0.1) is 0 Å². The van der Waals surface area contributed by atoms with Gasteiger partial charge in [-0.25, -0.2) is 14.8 Å². The third kappa shape index (κ3) is 6.80. The lowest BCUT2D eigenvalue weighted by atomic mass is 10.0. The minimum Gasteiger partial charge on any atom is -0.508 e. The minimum atomic E-state index is -1.25. The highest BCUT2D eigenvalue weighted by Gasteiger charge is 2.54. The molecule has 15 heteroatoms. The van der Waals surface area contributed by atoms with Crippen molar-refractivity contribution in [1.82, 2.24) is 30.1 Å². The van der Waals surface area contributed by atoms with Crippen molar-refractivity contribution >= 4 is 68.8 Å². The Labute approximate surface area is 275 Å². The zero-order chi connectivity index (χ0) is 32.2. The molecular weight excluding hydrogens is 649 g/mol. The number of para-hydroxylation sites is 1. The van der Waals surface area contributed by atoms with Crippen LogP contribution in [0.5, 0.6) is 5.75 Å². The number of carboxylic acids is 1. The first-order chi connectivity index (χ1) is 22.3. The molecule has 3 amide bonds. The molecule has 12 nitrogen and oxygen atoms in total. The van der Waals surface area contributed by atoms with Crippen LogP contribution in [0.3, 0.4) is 0 Å². The van der Waals surface area contributed by atoms with E-state index in [1.54, 1.807) is 54.0 Å². The molecule has 46 heavy (non-hydrogen) atoms. The number of fused-ring (bicyclic) bond motifs is 2. The van der Waals surface area contributed by atoms with Gasteiger partial charge in [-0.2, -0.15) is 0 Å². The number of thiazole rings is 1. The number of H-pyrrole nitrogens is 1. The van der Waals surface area contributed by atoms with Gasteiger partial charge >= 0.3 is 5.97 Å². The smallest absolute Gasteiger partial charge is 0.352 e. The fourth-order valence-corrected chi connectivity index (χ4v) is 8.39. The summed E-state index contributed by atoms with van der Waals surface area (Å²) in [7, 11) is 0. The number of carbonyl (C=O) groups excluding carboxylic acids is 3. The molecule has 2 aromatic carbocycles. The van der Waals surface area contributed by atoms with Crippen LogP contribution >= 0.6 is 34.9 Å². The third-order valence-corrected chi connectivity index (χ3v) is 10.9. The summed E-state index contributed by atoms with van der Waals surface area (Å²) in [6, 6.07) is 13.5. The summed E-state index contributed by atoms with van der Waals surface area (Å²) >= 11 is 4.15. The second kappa shape index (κ2) is 13.8. The number of carboxylic acid groups (broad SMARTS) is 1. The first-order valence-electron chi connectivity index (χ1n) is 14.2. The van der Waals surface area contributed by atoms with E-state index >= 15 is 0 Å². The average Bonchev–Trinajstić information content (AvgIpc) is 3.83. The van der Waals surface area contributed by atoms with Crippen LogP contribution in [0.2, 0.25) is 0 Å². The standard InChI is InChI=1S/C28H24N4O6S3.C3H4N2/c33-18-7-5-15(6-8-18)12-31-10-9-16(24(31)35)11-17-13-39-26-22(25(36)32(26)23(17)27(37)38)30-21(34)14-40-28-29-19-3-1-2-4-20(19)41-28;1-2-5-3-4-1/h1-8,11,22,26,33H,9-10,12-14H2,(H,30,34)(H,37,38);1-3H,(H,4,5)/t22-,26-;/m1./s1. The molecule has 7 rings (SSSR count). The molecule has 0 spiro atoms. The molecule has 0 bridgehead atoms. The lowest BCUT2D eigenvalue weighted by Crippen LogP contribution is -2.70. The second-order valence-corrected chi connectivity index (χ2v) is 13.8. The molecule has 3 aliphatic heterocycles. The molecule has 2 atom stereocenters. The topological polar surface area (TPSA) is 169 Å². The fourth-order valence-electron chi connectivity index (χ4n) is 5.21. The van der Waals surface area contributed by atoms with Gasteiger partial charge < -0.3 is 25.4 Å². The number of aromatic hydroxyl groups is 1. The number of likely N-dealkylation sites (tertiary alicyclic amines) is 1.